The molecule has 0 aliphatic carbocycles. The van der Waals surface area contributed by atoms with Crippen molar-refractivity contribution >= 4 is 15.7 Å². The molecular weight excluding hydrogens is 292 g/mol. The van der Waals surface area contributed by atoms with Crippen LogP contribution in [0.2, 0.25) is 0 Å². The van der Waals surface area contributed by atoms with Gasteiger partial charge in [-0.15, -0.1) is 0 Å². The van der Waals surface area contributed by atoms with Crippen LogP contribution >= 0.6 is 0 Å². The number of rotatable bonds is 10. The van der Waals surface area contributed by atoms with Crippen LogP contribution in [0.25, 0.3) is 0 Å². The van der Waals surface area contributed by atoms with E-state index in [9.17, 15) is 8.42 Å². The van der Waals surface area contributed by atoms with Crippen molar-refractivity contribution in [2.24, 2.45) is 5.73 Å². The summed E-state index contributed by atoms with van der Waals surface area (Å²) in [6.07, 6.45) is 0.575. The number of nitrogens with zero attached hydrogens (tertiary/aromatic N) is 1. The molecule has 6 nitrogen and oxygen atoms in total. The zero-order valence-electron chi connectivity index (χ0n) is 12.6. The molecule has 0 aromatic heterocycles. The highest BCUT2D eigenvalue weighted by molar-refractivity contribution is 7.92. The van der Waals surface area contributed by atoms with E-state index in [0.29, 0.717) is 37.6 Å². The standard InChI is InChI=1S/C14H24N2O4S/c1-3-20-11-12-21(17,18)16(10-6-9-15)13-7-4-5-8-14(13)19-2/h4-5,7-8H,3,6,9-12,15H2,1-2H3. The van der Waals surface area contributed by atoms with E-state index in [1.54, 1.807) is 24.3 Å². The molecule has 0 unspecified atom stereocenters. The van der Waals surface area contributed by atoms with Gasteiger partial charge in [0.1, 0.15) is 5.75 Å². The third kappa shape index (κ3) is 5.18. The van der Waals surface area contributed by atoms with Crippen molar-refractivity contribution in [2.75, 3.05) is 43.5 Å². The second-order valence-corrected chi connectivity index (χ2v) is 6.41. The van der Waals surface area contributed by atoms with Crippen molar-refractivity contribution in [1.82, 2.24) is 0 Å². The fraction of sp³-hybridized carbons (Fsp3) is 0.571. The van der Waals surface area contributed by atoms with Gasteiger partial charge in [-0.3, -0.25) is 4.31 Å². The number of benzene rings is 1. The third-order valence-electron chi connectivity index (χ3n) is 2.94. The van der Waals surface area contributed by atoms with Crippen LogP contribution < -0.4 is 14.8 Å². The first-order valence-electron chi connectivity index (χ1n) is 6.98. The Morgan fingerprint density at radius 1 is 1.29 bits per heavy atom. The van der Waals surface area contributed by atoms with Crippen LogP contribution in [-0.2, 0) is 14.8 Å². The number of anilines is 1. The Balaban J connectivity index is 3.04. The minimum atomic E-state index is -3.48. The summed E-state index contributed by atoms with van der Waals surface area (Å²) in [7, 11) is -1.96. The summed E-state index contributed by atoms with van der Waals surface area (Å²) in [4.78, 5) is 0. The van der Waals surface area contributed by atoms with Crippen molar-refractivity contribution in [3.63, 3.8) is 0 Å². The smallest absolute Gasteiger partial charge is 0.237 e. The molecule has 1 aromatic rings. The molecule has 0 amide bonds. The van der Waals surface area contributed by atoms with E-state index in [1.165, 1.54) is 11.4 Å². The molecule has 2 N–H and O–H groups in total. The fourth-order valence-corrected chi connectivity index (χ4v) is 3.31. The van der Waals surface area contributed by atoms with Gasteiger partial charge < -0.3 is 15.2 Å². The van der Waals surface area contributed by atoms with Crippen LogP contribution in [0.1, 0.15) is 13.3 Å². The summed E-state index contributed by atoms with van der Waals surface area (Å²) in [5, 5.41) is 0. The minimum Gasteiger partial charge on any atom is -0.495 e. The zero-order valence-corrected chi connectivity index (χ0v) is 13.4. The summed E-state index contributed by atoms with van der Waals surface area (Å²) in [6, 6.07) is 7.05. The lowest BCUT2D eigenvalue weighted by Crippen LogP contribution is -2.36. The molecule has 0 saturated heterocycles. The quantitative estimate of drug-likeness (QED) is 0.656. The summed E-state index contributed by atoms with van der Waals surface area (Å²) >= 11 is 0. The molecule has 7 heteroatoms. The molecule has 0 aliphatic rings. The second kappa shape index (κ2) is 8.86. The van der Waals surface area contributed by atoms with E-state index in [-0.39, 0.29) is 12.4 Å². The molecular formula is C14H24N2O4S. The predicted octanol–water partition coefficient (Wildman–Crippen LogP) is 1.22. The Bertz CT molecular complexity index is 519. The Kier molecular flexibility index (Phi) is 7.49. The summed E-state index contributed by atoms with van der Waals surface area (Å²) in [6.45, 7) is 3.25. The second-order valence-electron chi connectivity index (χ2n) is 4.40. The average molecular weight is 316 g/mol. The average Bonchev–Trinajstić information content (AvgIpc) is 2.48. The van der Waals surface area contributed by atoms with E-state index < -0.39 is 10.0 Å². The summed E-state index contributed by atoms with van der Waals surface area (Å²) < 4.78 is 36.8. The molecule has 0 fully saturated rings. The van der Waals surface area contributed by atoms with Gasteiger partial charge in [-0.05, 0) is 32.0 Å². The van der Waals surface area contributed by atoms with E-state index in [1.807, 2.05) is 6.92 Å². The summed E-state index contributed by atoms with van der Waals surface area (Å²) in [5.41, 5.74) is 6.05. The first-order chi connectivity index (χ1) is 10.1. The molecule has 0 radical (unpaired) electrons. The molecule has 1 aromatic carbocycles. The highest BCUT2D eigenvalue weighted by Crippen LogP contribution is 2.30. The van der Waals surface area contributed by atoms with E-state index in [0.717, 1.165) is 0 Å². The maximum atomic E-state index is 12.5. The van der Waals surface area contributed by atoms with Gasteiger partial charge >= 0.3 is 0 Å². The number of hydrogen-bond acceptors (Lipinski definition) is 5. The van der Waals surface area contributed by atoms with Crippen LogP contribution in [0.4, 0.5) is 5.69 Å². The van der Waals surface area contributed by atoms with Gasteiger partial charge in [0, 0.05) is 13.2 Å². The van der Waals surface area contributed by atoms with Crippen molar-refractivity contribution in [1.29, 1.82) is 0 Å². The van der Waals surface area contributed by atoms with Gasteiger partial charge in [-0.25, -0.2) is 8.42 Å². The lowest BCUT2D eigenvalue weighted by atomic mass is 10.3. The maximum absolute atomic E-state index is 12.5. The SMILES string of the molecule is CCOCCS(=O)(=O)N(CCCN)c1ccccc1OC. The van der Waals surface area contributed by atoms with Crippen LogP contribution in [0.5, 0.6) is 5.75 Å². The van der Waals surface area contributed by atoms with Gasteiger partial charge in [0.05, 0.1) is 25.2 Å². The number of ether oxygens (including phenoxy) is 2. The van der Waals surface area contributed by atoms with Gasteiger partial charge in [0.2, 0.25) is 10.0 Å². The fourth-order valence-electron chi connectivity index (χ4n) is 1.90. The normalized spacial score (nSPS) is 11.4. The molecule has 1 rings (SSSR count). The molecule has 0 atom stereocenters. The highest BCUT2D eigenvalue weighted by Gasteiger charge is 2.24. The van der Waals surface area contributed by atoms with Crippen molar-refractivity contribution in [3.05, 3.63) is 24.3 Å². The number of nitrogens with two attached hydrogens (primary N) is 1. The van der Waals surface area contributed by atoms with Gasteiger partial charge in [-0.1, -0.05) is 12.1 Å². The largest absolute Gasteiger partial charge is 0.495 e. The summed E-state index contributed by atoms with van der Waals surface area (Å²) in [5.74, 6) is 0.457. The van der Waals surface area contributed by atoms with Gasteiger partial charge in [-0.2, -0.15) is 0 Å². The minimum absolute atomic E-state index is 0.0660. The monoisotopic (exact) mass is 316 g/mol. The number of methoxy groups -OCH3 is 1. The van der Waals surface area contributed by atoms with Crippen LogP contribution in [0.3, 0.4) is 0 Å². The maximum Gasteiger partial charge on any atom is 0.237 e. The number of sulfonamides is 1. The van der Waals surface area contributed by atoms with Gasteiger partial charge in [0.25, 0.3) is 0 Å². The molecule has 0 aliphatic heterocycles. The van der Waals surface area contributed by atoms with E-state index in [2.05, 4.69) is 0 Å². The van der Waals surface area contributed by atoms with Crippen molar-refractivity contribution in [3.8, 4) is 5.75 Å². The Morgan fingerprint density at radius 2 is 2.00 bits per heavy atom. The Labute approximate surface area is 126 Å². The van der Waals surface area contributed by atoms with Crippen molar-refractivity contribution < 1.29 is 17.9 Å². The lowest BCUT2D eigenvalue weighted by molar-refractivity contribution is 0.163. The Morgan fingerprint density at radius 3 is 2.62 bits per heavy atom. The molecule has 0 heterocycles. The topological polar surface area (TPSA) is 81.9 Å². The third-order valence-corrected chi connectivity index (χ3v) is 4.68. The first kappa shape index (κ1) is 17.7. The number of para-hydroxylation sites is 2. The molecule has 21 heavy (non-hydrogen) atoms. The van der Waals surface area contributed by atoms with Crippen molar-refractivity contribution in [2.45, 2.75) is 13.3 Å². The molecule has 0 saturated carbocycles. The Hall–Kier alpha value is -1.31. The van der Waals surface area contributed by atoms with Crippen LogP contribution in [0, 0.1) is 0 Å². The predicted molar refractivity (Wildman–Crippen MR) is 84.3 cm³/mol. The first-order valence-corrected chi connectivity index (χ1v) is 8.59. The van der Waals surface area contributed by atoms with E-state index in [4.69, 9.17) is 15.2 Å². The van der Waals surface area contributed by atoms with Gasteiger partial charge in [0.15, 0.2) is 0 Å². The zero-order chi connectivity index (χ0) is 15.7. The molecule has 0 spiro atoms. The lowest BCUT2D eigenvalue weighted by Gasteiger charge is -2.25. The van der Waals surface area contributed by atoms with Crippen LogP contribution in [-0.4, -0.2) is 47.6 Å². The van der Waals surface area contributed by atoms with E-state index >= 15 is 0 Å². The molecule has 120 valence electrons. The molecule has 0 bridgehead atoms. The highest BCUT2D eigenvalue weighted by atomic mass is 32.2. The van der Waals surface area contributed by atoms with Crippen LogP contribution in [0.15, 0.2) is 24.3 Å². The number of hydrogen-bond donors (Lipinski definition) is 1.